The van der Waals surface area contributed by atoms with Crippen molar-refractivity contribution in [3.63, 3.8) is 0 Å². The molecule has 3 heteroatoms. The van der Waals surface area contributed by atoms with E-state index >= 15 is 0 Å². The highest BCUT2D eigenvalue weighted by Crippen LogP contribution is 2.00. The van der Waals surface area contributed by atoms with E-state index in [1.807, 2.05) is 0 Å². The van der Waals surface area contributed by atoms with E-state index in [1.54, 1.807) is 0 Å². The van der Waals surface area contributed by atoms with Gasteiger partial charge in [-0.05, 0) is 25.5 Å². The van der Waals surface area contributed by atoms with Gasteiger partial charge in [-0.1, -0.05) is 25.8 Å². The summed E-state index contributed by atoms with van der Waals surface area (Å²) in [6.45, 7) is 4.92. The number of carbonyl (C=O) groups is 1. The first-order chi connectivity index (χ1) is 6.31. The van der Waals surface area contributed by atoms with E-state index in [9.17, 15) is 4.79 Å². The maximum Gasteiger partial charge on any atom is 0.243 e. The van der Waals surface area contributed by atoms with Crippen LogP contribution >= 0.6 is 0 Å². The number of hydrogen-bond donors (Lipinski definition) is 2. The average Bonchev–Trinajstić information content (AvgIpc) is 2.16. The lowest BCUT2D eigenvalue weighted by molar-refractivity contribution is -0.116. The molecule has 0 spiro atoms. The van der Waals surface area contributed by atoms with Gasteiger partial charge >= 0.3 is 0 Å². The number of rotatable bonds is 8. The van der Waals surface area contributed by atoms with Crippen LogP contribution in [-0.4, -0.2) is 19.0 Å². The smallest absolute Gasteiger partial charge is 0.243 e. The molecule has 0 aromatic rings. The van der Waals surface area contributed by atoms with Crippen LogP contribution < -0.4 is 11.1 Å². The molecule has 0 bridgehead atoms. The summed E-state index contributed by atoms with van der Waals surface area (Å²) in [5.74, 6) is -0.0815. The molecule has 0 saturated carbocycles. The van der Waals surface area contributed by atoms with Crippen LogP contribution in [0.15, 0.2) is 12.7 Å². The van der Waals surface area contributed by atoms with E-state index < -0.39 is 0 Å². The summed E-state index contributed by atoms with van der Waals surface area (Å²) in [4.78, 5) is 10.7. The molecule has 0 heterocycles. The van der Waals surface area contributed by atoms with Crippen molar-refractivity contribution in [1.29, 1.82) is 0 Å². The Labute approximate surface area is 80.4 Å². The Bertz CT molecular complexity index is 146. The molecule has 3 nitrogen and oxygen atoms in total. The van der Waals surface area contributed by atoms with Gasteiger partial charge in [0, 0.05) is 6.54 Å². The number of nitrogens with two attached hydrogens (primary N) is 1. The van der Waals surface area contributed by atoms with Crippen LogP contribution in [0, 0.1) is 0 Å². The lowest BCUT2D eigenvalue weighted by atomic mass is 10.1. The summed E-state index contributed by atoms with van der Waals surface area (Å²) in [5.41, 5.74) is 5.36. The molecular weight excluding hydrogens is 164 g/mol. The van der Waals surface area contributed by atoms with Crippen LogP contribution in [0.2, 0.25) is 0 Å². The minimum atomic E-state index is -0.0815. The van der Waals surface area contributed by atoms with Crippen molar-refractivity contribution in [2.75, 3.05) is 13.1 Å². The van der Waals surface area contributed by atoms with Crippen molar-refractivity contribution in [2.24, 2.45) is 5.73 Å². The highest BCUT2D eigenvalue weighted by molar-refractivity contribution is 5.86. The van der Waals surface area contributed by atoms with Gasteiger partial charge in [-0.25, -0.2) is 0 Å². The normalized spacial score (nSPS) is 9.62. The minimum Gasteiger partial charge on any atom is -0.353 e. The van der Waals surface area contributed by atoms with Gasteiger partial charge in [0.15, 0.2) is 0 Å². The number of unbranched alkanes of at least 4 members (excludes halogenated alkanes) is 4. The Morgan fingerprint density at radius 1 is 1.23 bits per heavy atom. The van der Waals surface area contributed by atoms with Crippen molar-refractivity contribution in [3.8, 4) is 0 Å². The van der Waals surface area contributed by atoms with Crippen molar-refractivity contribution in [3.05, 3.63) is 12.7 Å². The van der Waals surface area contributed by atoms with Gasteiger partial charge in [0.1, 0.15) is 0 Å². The highest BCUT2D eigenvalue weighted by Gasteiger charge is 1.92. The predicted molar refractivity (Wildman–Crippen MR) is 55.3 cm³/mol. The van der Waals surface area contributed by atoms with Gasteiger partial charge in [0.05, 0.1) is 0 Å². The molecule has 0 atom stereocenters. The van der Waals surface area contributed by atoms with E-state index in [2.05, 4.69) is 11.9 Å². The molecule has 1 amide bonds. The van der Waals surface area contributed by atoms with Crippen LogP contribution in [0.25, 0.3) is 0 Å². The van der Waals surface area contributed by atoms with Crippen LogP contribution in [-0.2, 0) is 4.79 Å². The zero-order valence-corrected chi connectivity index (χ0v) is 8.22. The van der Waals surface area contributed by atoms with Crippen molar-refractivity contribution < 1.29 is 4.79 Å². The molecule has 76 valence electrons. The van der Waals surface area contributed by atoms with Crippen molar-refractivity contribution in [1.82, 2.24) is 5.32 Å². The summed E-state index contributed by atoms with van der Waals surface area (Å²) in [5, 5.41) is 2.74. The fourth-order valence-corrected chi connectivity index (χ4v) is 1.08. The molecule has 0 radical (unpaired) electrons. The van der Waals surface area contributed by atoms with Gasteiger partial charge in [-0.15, -0.1) is 0 Å². The maximum absolute atomic E-state index is 10.7. The summed E-state index contributed by atoms with van der Waals surface area (Å²) >= 11 is 0. The second kappa shape index (κ2) is 9.26. The van der Waals surface area contributed by atoms with Crippen molar-refractivity contribution >= 4 is 5.91 Å². The fraction of sp³-hybridized carbons (Fsp3) is 0.700. The SMILES string of the molecule is C=CC(=O)NCCCCCCCN. The number of amides is 1. The molecule has 0 aromatic heterocycles. The molecule has 13 heavy (non-hydrogen) atoms. The lowest BCUT2D eigenvalue weighted by Crippen LogP contribution is -2.21. The Morgan fingerprint density at radius 3 is 2.46 bits per heavy atom. The Hall–Kier alpha value is -0.830. The summed E-state index contributed by atoms with van der Waals surface area (Å²) < 4.78 is 0. The molecule has 0 rings (SSSR count). The zero-order valence-electron chi connectivity index (χ0n) is 8.22. The number of nitrogens with one attached hydrogen (secondary N) is 1. The van der Waals surface area contributed by atoms with E-state index in [0.29, 0.717) is 0 Å². The molecule has 0 aromatic carbocycles. The first-order valence-electron chi connectivity index (χ1n) is 4.91. The topological polar surface area (TPSA) is 55.1 Å². The molecule has 0 aliphatic rings. The van der Waals surface area contributed by atoms with Crippen LogP contribution in [0.1, 0.15) is 32.1 Å². The van der Waals surface area contributed by atoms with E-state index in [1.165, 1.54) is 18.9 Å². The van der Waals surface area contributed by atoms with E-state index in [4.69, 9.17) is 5.73 Å². The van der Waals surface area contributed by atoms with Crippen LogP contribution in [0.5, 0.6) is 0 Å². The molecule has 0 fully saturated rings. The second-order valence-corrected chi connectivity index (χ2v) is 3.05. The van der Waals surface area contributed by atoms with Crippen LogP contribution in [0.4, 0.5) is 0 Å². The van der Waals surface area contributed by atoms with Gasteiger partial charge in [-0.3, -0.25) is 4.79 Å². The van der Waals surface area contributed by atoms with Gasteiger partial charge < -0.3 is 11.1 Å². The molecular formula is C10H20N2O. The third-order valence-corrected chi connectivity index (χ3v) is 1.87. The van der Waals surface area contributed by atoms with Gasteiger partial charge in [-0.2, -0.15) is 0 Å². The third-order valence-electron chi connectivity index (χ3n) is 1.87. The standard InChI is InChI=1S/C10H20N2O/c1-2-10(13)12-9-7-5-3-4-6-8-11/h2H,1,3-9,11H2,(H,12,13). The summed E-state index contributed by atoms with van der Waals surface area (Å²) in [7, 11) is 0. The first kappa shape index (κ1) is 12.2. The lowest BCUT2D eigenvalue weighted by Gasteiger charge is -2.01. The molecule has 0 aliphatic heterocycles. The fourth-order valence-electron chi connectivity index (χ4n) is 1.08. The van der Waals surface area contributed by atoms with Gasteiger partial charge in [0.25, 0.3) is 0 Å². The second-order valence-electron chi connectivity index (χ2n) is 3.05. The first-order valence-corrected chi connectivity index (χ1v) is 4.91. The third kappa shape index (κ3) is 9.08. The number of carbonyl (C=O) groups excluding carboxylic acids is 1. The zero-order chi connectivity index (χ0) is 9.94. The minimum absolute atomic E-state index is 0.0815. The van der Waals surface area contributed by atoms with E-state index in [-0.39, 0.29) is 5.91 Å². The molecule has 0 aliphatic carbocycles. The molecule has 3 N–H and O–H groups in total. The highest BCUT2D eigenvalue weighted by atomic mass is 16.1. The van der Waals surface area contributed by atoms with Crippen LogP contribution in [0.3, 0.4) is 0 Å². The Morgan fingerprint density at radius 2 is 1.85 bits per heavy atom. The monoisotopic (exact) mass is 184 g/mol. The molecule has 0 unspecified atom stereocenters. The quantitative estimate of drug-likeness (QED) is 0.440. The number of hydrogen-bond acceptors (Lipinski definition) is 2. The maximum atomic E-state index is 10.7. The summed E-state index contributed by atoms with van der Waals surface area (Å²) in [6.07, 6.45) is 7.03. The average molecular weight is 184 g/mol. The Balaban J connectivity index is 2.99. The Kier molecular flexibility index (Phi) is 8.67. The summed E-state index contributed by atoms with van der Waals surface area (Å²) in [6, 6.07) is 0. The molecule has 0 saturated heterocycles. The predicted octanol–water partition coefficient (Wildman–Crippen LogP) is 1.20. The van der Waals surface area contributed by atoms with Crippen molar-refractivity contribution in [2.45, 2.75) is 32.1 Å². The van der Waals surface area contributed by atoms with Gasteiger partial charge in [0.2, 0.25) is 5.91 Å². The van der Waals surface area contributed by atoms with E-state index in [0.717, 1.165) is 32.4 Å². The largest absolute Gasteiger partial charge is 0.353 e.